The first-order chi connectivity index (χ1) is 17.3. The molecule has 184 valence electrons. The Morgan fingerprint density at radius 3 is 2.64 bits per heavy atom. The molecule has 0 amide bonds. The van der Waals surface area contributed by atoms with Gasteiger partial charge in [0.25, 0.3) is 15.6 Å². The third-order valence-electron chi connectivity index (χ3n) is 5.86. The summed E-state index contributed by atoms with van der Waals surface area (Å²) in [6.45, 7) is 2.03. The maximum absolute atomic E-state index is 11.6. The van der Waals surface area contributed by atoms with Gasteiger partial charge in [-0.05, 0) is 47.4 Å². The van der Waals surface area contributed by atoms with Crippen LogP contribution in [0.4, 0.5) is 5.69 Å². The van der Waals surface area contributed by atoms with Gasteiger partial charge in [0.05, 0.1) is 11.8 Å². The van der Waals surface area contributed by atoms with E-state index in [1.165, 1.54) is 0 Å². The molecule has 2 heterocycles. The monoisotopic (exact) mass is 523 g/mol. The Kier molecular flexibility index (Phi) is 6.57. The van der Waals surface area contributed by atoms with Gasteiger partial charge >= 0.3 is 5.89 Å². The number of benzene rings is 3. The first-order valence-electron chi connectivity index (χ1n) is 11.4. The van der Waals surface area contributed by atoms with Crippen molar-refractivity contribution in [3.63, 3.8) is 0 Å². The predicted octanol–water partition coefficient (Wildman–Crippen LogP) is 6.07. The molecule has 0 atom stereocenters. The quantitative estimate of drug-likeness (QED) is 0.226. The molecule has 1 aliphatic rings. The minimum absolute atomic E-state index is 0.0299. The number of nitrogens with zero attached hydrogens (tertiary/aromatic N) is 1. The number of fused-ring (bicyclic) bond motifs is 2. The Hall–Kier alpha value is -3.59. The lowest BCUT2D eigenvalue weighted by Gasteiger charge is -2.01. The number of aryl methyl sites for hydroxylation is 1. The molecule has 4 aromatic rings. The summed E-state index contributed by atoms with van der Waals surface area (Å²) in [7, 11) is -4.17. The Morgan fingerprint density at radius 1 is 1.08 bits per heavy atom. The summed E-state index contributed by atoms with van der Waals surface area (Å²) < 4.78 is 46.3. The fourth-order valence-corrected chi connectivity index (χ4v) is 4.65. The first-order valence-corrected chi connectivity index (χ1v) is 13.4. The van der Waals surface area contributed by atoms with Crippen LogP contribution >= 0.6 is 11.6 Å². The van der Waals surface area contributed by atoms with Gasteiger partial charge in [-0.1, -0.05) is 54.9 Å². The molecular formula is C27H24ClN2O5S+. The van der Waals surface area contributed by atoms with Crippen LogP contribution in [-0.2, 0) is 16.7 Å². The summed E-state index contributed by atoms with van der Waals surface area (Å²) in [6.07, 6.45) is 4.38. The molecule has 1 aliphatic heterocycles. The largest absolute Gasteiger partial charge is 0.439 e. The number of hydrogen-bond donors (Lipinski definition) is 2. The van der Waals surface area contributed by atoms with Crippen molar-refractivity contribution in [3.8, 4) is 16.9 Å². The van der Waals surface area contributed by atoms with Gasteiger partial charge in [-0.3, -0.25) is 4.55 Å². The second kappa shape index (κ2) is 9.81. The number of aromatic nitrogens is 1. The number of ether oxygens (including phenoxy) is 1. The van der Waals surface area contributed by atoms with Crippen LogP contribution in [0.2, 0.25) is 5.02 Å². The van der Waals surface area contributed by atoms with Crippen LogP contribution in [0.5, 0.6) is 5.75 Å². The summed E-state index contributed by atoms with van der Waals surface area (Å²) in [5, 5.41) is 3.81. The molecule has 2 N–H and O–H groups in total. The number of allylic oxidation sites excluding steroid dienone is 2. The fraction of sp³-hybridized carbons (Fsp3) is 0.148. The standard InChI is InChI=1S/C27H23ClN2O5S/c1-2-18(14-26-29-22-17-21(28)9-11-24(22)34-26)15-27-30(12-13-36(31,32)33)23-16-20(8-10-25(23)35-27)19-6-4-3-5-7-19/h3-11,14-17H,2,12-13H2,1H3,(H,31,32,33)/p+1. The number of rotatable bonds is 7. The SMILES string of the molecule is CCC(=Cc1oc2ccc(-c3ccccc3)cc2[n+]1CCS(=O)(=O)O)C=C1Nc2cc(Cl)ccc2O1. The van der Waals surface area contributed by atoms with Crippen molar-refractivity contribution >= 4 is 44.6 Å². The molecule has 0 spiro atoms. The lowest BCUT2D eigenvalue weighted by Crippen LogP contribution is -2.38. The predicted molar refractivity (Wildman–Crippen MR) is 140 cm³/mol. The van der Waals surface area contributed by atoms with Gasteiger partial charge in [-0.2, -0.15) is 13.0 Å². The van der Waals surface area contributed by atoms with E-state index in [4.69, 9.17) is 20.8 Å². The lowest BCUT2D eigenvalue weighted by atomic mass is 10.1. The van der Waals surface area contributed by atoms with E-state index in [0.29, 0.717) is 34.5 Å². The van der Waals surface area contributed by atoms with Crippen molar-refractivity contribution in [2.45, 2.75) is 19.9 Å². The highest BCUT2D eigenvalue weighted by atomic mass is 35.5. The van der Waals surface area contributed by atoms with E-state index in [1.807, 2.05) is 67.6 Å². The zero-order chi connectivity index (χ0) is 25.3. The maximum Gasteiger partial charge on any atom is 0.374 e. The number of oxazole rings is 1. The summed E-state index contributed by atoms with van der Waals surface area (Å²) in [4.78, 5) is 0. The molecule has 1 aromatic heterocycles. The number of halogens is 1. The third-order valence-corrected chi connectivity index (χ3v) is 6.80. The average Bonchev–Trinajstić information content (AvgIpc) is 3.41. The molecule has 7 nitrogen and oxygen atoms in total. The zero-order valence-electron chi connectivity index (χ0n) is 19.4. The minimum Gasteiger partial charge on any atom is -0.439 e. The topological polar surface area (TPSA) is 92.7 Å². The van der Waals surface area contributed by atoms with Crippen LogP contribution in [0.3, 0.4) is 0 Å². The van der Waals surface area contributed by atoms with E-state index >= 15 is 0 Å². The lowest BCUT2D eigenvalue weighted by molar-refractivity contribution is -0.673. The van der Waals surface area contributed by atoms with E-state index in [-0.39, 0.29) is 6.54 Å². The van der Waals surface area contributed by atoms with Gasteiger partial charge < -0.3 is 14.5 Å². The zero-order valence-corrected chi connectivity index (χ0v) is 21.0. The Bertz CT molecular complexity index is 1610. The highest BCUT2D eigenvalue weighted by Gasteiger charge is 2.24. The van der Waals surface area contributed by atoms with Gasteiger partial charge in [-0.25, -0.2) is 0 Å². The fourth-order valence-electron chi connectivity index (χ4n) is 4.06. The van der Waals surface area contributed by atoms with E-state index in [2.05, 4.69) is 5.32 Å². The molecule has 5 rings (SSSR count). The summed E-state index contributed by atoms with van der Waals surface area (Å²) in [5.74, 6) is 1.26. The molecular weight excluding hydrogens is 500 g/mol. The average molecular weight is 524 g/mol. The van der Waals surface area contributed by atoms with Crippen LogP contribution in [0.15, 0.2) is 88.7 Å². The molecule has 3 aromatic carbocycles. The molecule has 0 unspecified atom stereocenters. The van der Waals surface area contributed by atoms with Crippen LogP contribution in [-0.4, -0.2) is 18.7 Å². The molecule has 9 heteroatoms. The molecule has 0 radical (unpaired) electrons. The highest BCUT2D eigenvalue weighted by Crippen LogP contribution is 2.36. The van der Waals surface area contributed by atoms with Gasteiger partial charge in [0, 0.05) is 17.2 Å². The van der Waals surface area contributed by atoms with Crippen LogP contribution < -0.4 is 14.6 Å². The van der Waals surface area contributed by atoms with Gasteiger partial charge in [0.15, 0.2) is 18.2 Å². The van der Waals surface area contributed by atoms with E-state index < -0.39 is 15.9 Å². The van der Waals surface area contributed by atoms with Crippen LogP contribution in [0.25, 0.3) is 28.3 Å². The molecule has 0 fully saturated rings. The molecule has 0 bridgehead atoms. The van der Waals surface area contributed by atoms with Crippen molar-refractivity contribution in [3.05, 3.63) is 95.2 Å². The van der Waals surface area contributed by atoms with Crippen molar-refractivity contribution in [1.82, 2.24) is 0 Å². The summed E-state index contributed by atoms with van der Waals surface area (Å²) in [5.41, 5.74) is 5.01. The second-order valence-electron chi connectivity index (χ2n) is 8.38. The van der Waals surface area contributed by atoms with Crippen LogP contribution in [0, 0.1) is 0 Å². The van der Waals surface area contributed by atoms with E-state index in [1.54, 1.807) is 22.8 Å². The van der Waals surface area contributed by atoms with Crippen molar-refractivity contribution in [2.75, 3.05) is 11.1 Å². The minimum atomic E-state index is -4.17. The second-order valence-corrected chi connectivity index (χ2v) is 10.4. The highest BCUT2D eigenvalue weighted by molar-refractivity contribution is 7.85. The normalized spacial score (nSPS) is 14.6. The number of hydrogen-bond acceptors (Lipinski definition) is 5. The molecule has 0 saturated carbocycles. The summed E-state index contributed by atoms with van der Waals surface area (Å²) >= 11 is 6.08. The van der Waals surface area contributed by atoms with Gasteiger partial charge in [0.2, 0.25) is 5.58 Å². The molecule has 0 saturated heterocycles. The molecule has 0 aliphatic carbocycles. The smallest absolute Gasteiger partial charge is 0.374 e. The van der Waals surface area contributed by atoms with Crippen molar-refractivity contribution < 1.29 is 26.7 Å². The van der Waals surface area contributed by atoms with E-state index in [9.17, 15) is 13.0 Å². The Morgan fingerprint density at radius 2 is 1.89 bits per heavy atom. The Balaban J connectivity index is 1.55. The summed E-state index contributed by atoms with van der Waals surface area (Å²) in [6, 6.07) is 21.0. The van der Waals surface area contributed by atoms with Crippen LogP contribution in [0.1, 0.15) is 19.2 Å². The van der Waals surface area contributed by atoms with Gasteiger partial charge in [-0.15, -0.1) is 0 Å². The first kappa shape index (κ1) is 24.1. The van der Waals surface area contributed by atoms with E-state index in [0.717, 1.165) is 27.9 Å². The van der Waals surface area contributed by atoms with Gasteiger partial charge in [0.1, 0.15) is 5.75 Å². The van der Waals surface area contributed by atoms with Crippen molar-refractivity contribution in [2.24, 2.45) is 0 Å². The van der Waals surface area contributed by atoms with Crippen molar-refractivity contribution in [1.29, 1.82) is 0 Å². The molecule has 36 heavy (non-hydrogen) atoms. The third kappa shape index (κ3) is 5.31. The number of anilines is 1. The maximum atomic E-state index is 11.6. The Labute approximate surface area is 214 Å². The number of nitrogens with one attached hydrogen (secondary N) is 1.